The van der Waals surface area contributed by atoms with Crippen LogP contribution in [0.2, 0.25) is 0 Å². The van der Waals surface area contributed by atoms with E-state index >= 15 is 0 Å². The Morgan fingerprint density at radius 2 is 2.17 bits per heavy atom. The number of carbonyl (C=O) groups is 1. The van der Waals surface area contributed by atoms with E-state index in [4.69, 9.17) is 4.74 Å². The first-order chi connectivity index (χ1) is 11.8. The predicted molar refractivity (Wildman–Crippen MR) is 94.5 cm³/mol. The normalized spacial score (nSPS) is 19.2. The molecule has 4 heterocycles. The summed E-state index contributed by atoms with van der Waals surface area (Å²) >= 11 is 1.76. The average Bonchev–Trinajstić information content (AvgIpc) is 3.34. The van der Waals surface area contributed by atoms with Crippen molar-refractivity contribution in [2.75, 3.05) is 32.8 Å². The Kier molecular flexibility index (Phi) is 4.69. The summed E-state index contributed by atoms with van der Waals surface area (Å²) in [7, 11) is 0. The Hall–Kier alpha value is -1.63. The van der Waals surface area contributed by atoms with E-state index in [9.17, 15) is 4.79 Å². The van der Waals surface area contributed by atoms with Gasteiger partial charge in [0.1, 0.15) is 0 Å². The summed E-state index contributed by atoms with van der Waals surface area (Å²) in [6, 6.07) is 6.43. The molecule has 0 bridgehead atoms. The second kappa shape index (κ2) is 7.09. The van der Waals surface area contributed by atoms with Crippen LogP contribution in [-0.4, -0.2) is 48.2 Å². The lowest BCUT2D eigenvalue weighted by Crippen LogP contribution is -2.43. The van der Waals surface area contributed by atoms with Crippen molar-refractivity contribution in [1.82, 2.24) is 14.8 Å². The van der Waals surface area contributed by atoms with Gasteiger partial charge in [0.2, 0.25) is 0 Å². The molecular weight excluding hydrogens is 322 g/mol. The Balaban J connectivity index is 1.45. The number of amides is 1. The molecule has 0 aromatic carbocycles. The number of aryl methyl sites for hydroxylation is 1. The molecule has 1 fully saturated rings. The Morgan fingerprint density at radius 1 is 1.29 bits per heavy atom. The molecule has 0 radical (unpaired) electrons. The van der Waals surface area contributed by atoms with Gasteiger partial charge in [-0.1, -0.05) is 6.07 Å². The van der Waals surface area contributed by atoms with Gasteiger partial charge in [0.05, 0.1) is 24.8 Å². The predicted octanol–water partition coefficient (Wildman–Crippen LogP) is 2.30. The van der Waals surface area contributed by atoms with Gasteiger partial charge >= 0.3 is 0 Å². The van der Waals surface area contributed by atoms with E-state index in [-0.39, 0.29) is 11.9 Å². The van der Waals surface area contributed by atoms with Gasteiger partial charge in [-0.25, -0.2) is 0 Å². The van der Waals surface area contributed by atoms with E-state index in [2.05, 4.69) is 32.3 Å². The van der Waals surface area contributed by atoms with Crippen molar-refractivity contribution in [3.63, 3.8) is 0 Å². The first kappa shape index (κ1) is 15.9. The number of rotatable bonds is 5. The molecule has 1 atom stereocenters. The molecule has 1 unspecified atom stereocenters. The Labute approximate surface area is 146 Å². The number of nitrogens with one attached hydrogen (secondary N) is 1. The maximum absolute atomic E-state index is 12.7. The van der Waals surface area contributed by atoms with Crippen LogP contribution in [0.4, 0.5) is 0 Å². The smallest absolute Gasteiger partial charge is 0.253 e. The van der Waals surface area contributed by atoms with E-state index in [0.29, 0.717) is 6.54 Å². The zero-order chi connectivity index (χ0) is 16.4. The first-order valence-electron chi connectivity index (χ1n) is 8.64. The number of ether oxygens (including phenoxy) is 1. The summed E-state index contributed by atoms with van der Waals surface area (Å²) < 4.78 is 7.68. The molecule has 24 heavy (non-hydrogen) atoms. The van der Waals surface area contributed by atoms with Gasteiger partial charge in [0.25, 0.3) is 5.91 Å². The maximum atomic E-state index is 12.7. The van der Waals surface area contributed by atoms with Gasteiger partial charge < -0.3 is 14.6 Å². The standard InChI is InChI=1S/C18H23N3O2S/c22-18(14-5-7-20-6-1-3-15(14)20)19-13-16(17-4-2-12-24-17)21-8-10-23-11-9-21/h2,4-5,7,12,16H,1,3,6,8-11,13H2,(H,19,22). The molecule has 0 saturated carbocycles. The fourth-order valence-electron chi connectivity index (χ4n) is 3.68. The van der Waals surface area contributed by atoms with Gasteiger partial charge in [0.15, 0.2) is 0 Å². The number of fused-ring (bicyclic) bond motifs is 1. The molecule has 0 aliphatic carbocycles. The lowest BCUT2D eigenvalue weighted by atomic mass is 10.1. The Bertz CT molecular complexity index is 689. The van der Waals surface area contributed by atoms with Crippen molar-refractivity contribution >= 4 is 17.2 Å². The maximum Gasteiger partial charge on any atom is 0.253 e. The van der Waals surface area contributed by atoms with Gasteiger partial charge in [-0.15, -0.1) is 11.3 Å². The lowest BCUT2D eigenvalue weighted by molar-refractivity contribution is 0.0169. The number of morpholine rings is 1. The fraction of sp³-hybridized carbons (Fsp3) is 0.500. The molecule has 1 N–H and O–H groups in total. The molecule has 128 valence electrons. The minimum atomic E-state index is 0.0560. The van der Waals surface area contributed by atoms with E-state index in [1.807, 2.05) is 12.3 Å². The molecule has 2 aliphatic rings. The third kappa shape index (κ3) is 3.14. The molecule has 0 spiro atoms. The molecule has 6 heteroatoms. The number of hydrogen-bond donors (Lipinski definition) is 1. The van der Waals surface area contributed by atoms with Crippen LogP contribution in [0.5, 0.6) is 0 Å². The van der Waals surface area contributed by atoms with Crippen LogP contribution in [0.15, 0.2) is 29.8 Å². The van der Waals surface area contributed by atoms with Crippen molar-refractivity contribution in [1.29, 1.82) is 0 Å². The topological polar surface area (TPSA) is 46.5 Å². The quantitative estimate of drug-likeness (QED) is 0.904. The van der Waals surface area contributed by atoms with Gasteiger partial charge in [-0.05, 0) is 30.4 Å². The second-order valence-corrected chi connectivity index (χ2v) is 7.34. The third-order valence-corrected chi connectivity index (χ3v) is 5.92. The van der Waals surface area contributed by atoms with Gasteiger partial charge in [-0.3, -0.25) is 9.69 Å². The second-order valence-electron chi connectivity index (χ2n) is 6.36. The van der Waals surface area contributed by atoms with Crippen molar-refractivity contribution in [2.24, 2.45) is 0 Å². The molecular formula is C18H23N3O2S. The van der Waals surface area contributed by atoms with Crippen LogP contribution >= 0.6 is 11.3 Å². The zero-order valence-electron chi connectivity index (χ0n) is 13.7. The zero-order valence-corrected chi connectivity index (χ0v) is 14.6. The van der Waals surface area contributed by atoms with Crippen LogP contribution in [0.1, 0.15) is 33.4 Å². The van der Waals surface area contributed by atoms with Crippen LogP contribution < -0.4 is 5.32 Å². The molecule has 2 aromatic rings. The molecule has 5 nitrogen and oxygen atoms in total. The van der Waals surface area contributed by atoms with Gasteiger partial charge in [0, 0.05) is 42.9 Å². The highest BCUT2D eigenvalue weighted by molar-refractivity contribution is 7.10. The summed E-state index contributed by atoms with van der Waals surface area (Å²) in [6.45, 7) is 5.05. The van der Waals surface area contributed by atoms with E-state index < -0.39 is 0 Å². The molecule has 1 saturated heterocycles. The van der Waals surface area contributed by atoms with E-state index in [1.165, 1.54) is 10.6 Å². The van der Waals surface area contributed by atoms with Crippen LogP contribution in [0, 0.1) is 0 Å². The number of carbonyl (C=O) groups excluding carboxylic acids is 1. The summed E-state index contributed by atoms with van der Waals surface area (Å²) in [5, 5.41) is 5.27. The average molecular weight is 345 g/mol. The van der Waals surface area contributed by atoms with Crippen LogP contribution in [0.3, 0.4) is 0 Å². The molecule has 4 rings (SSSR count). The highest BCUT2D eigenvalue weighted by Crippen LogP contribution is 2.26. The number of nitrogens with zero attached hydrogens (tertiary/aromatic N) is 2. The third-order valence-electron chi connectivity index (χ3n) is 4.95. The van der Waals surface area contributed by atoms with Crippen LogP contribution in [-0.2, 0) is 17.7 Å². The Morgan fingerprint density at radius 3 is 2.96 bits per heavy atom. The fourth-order valence-corrected chi connectivity index (χ4v) is 4.54. The van der Waals surface area contributed by atoms with Crippen molar-refractivity contribution in [3.05, 3.63) is 45.9 Å². The summed E-state index contributed by atoms with van der Waals surface area (Å²) in [6.07, 6.45) is 4.19. The van der Waals surface area contributed by atoms with Crippen molar-refractivity contribution < 1.29 is 9.53 Å². The van der Waals surface area contributed by atoms with Gasteiger partial charge in [-0.2, -0.15) is 0 Å². The summed E-state index contributed by atoms with van der Waals surface area (Å²) in [5.74, 6) is 0.0560. The van der Waals surface area contributed by atoms with Crippen molar-refractivity contribution in [2.45, 2.75) is 25.4 Å². The molecule has 2 aromatic heterocycles. The molecule has 2 aliphatic heterocycles. The SMILES string of the molecule is O=C(NCC(c1cccs1)N1CCOCC1)c1ccn2c1CCC2. The summed E-state index contributed by atoms with van der Waals surface area (Å²) in [5.41, 5.74) is 2.03. The lowest BCUT2D eigenvalue weighted by Gasteiger charge is -2.34. The number of hydrogen-bond acceptors (Lipinski definition) is 4. The minimum Gasteiger partial charge on any atom is -0.379 e. The molecule has 1 amide bonds. The number of aromatic nitrogens is 1. The van der Waals surface area contributed by atoms with Crippen LogP contribution in [0.25, 0.3) is 0 Å². The first-order valence-corrected chi connectivity index (χ1v) is 9.52. The highest BCUT2D eigenvalue weighted by Gasteiger charge is 2.25. The number of thiophene rings is 1. The highest BCUT2D eigenvalue weighted by atomic mass is 32.1. The summed E-state index contributed by atoms with van der Waals surface area (Å²) in [4.78, 5) is 16.4. The van der Waals surface area contributed by atoms with Crippen molar-refractivity contribution in [3.8, 4) is 0 Å². The largest absolute Gasteiger partial charge is 0.379 e. The van der Waals surface area contributed by atoms with E-state index in [1.54, 1.807) is 11.3 Å². The monoisotopic (exact) mass is 345 g/mol. The van der Waals surface area contributed by atoms with E-state index in [0.717, 1.165) is 51.3 Å². The minimum absolute atomic E-state index is 0.0560.